The van der Waals surface area contributed by atoms with Crippen molar-refractivity contribution in [3.63, 3.8) is 0 Å². The maximum Gasteiger partial charge on any atom is 0.119 e. The van der Waals surface area contributed by atoms with Gasteiger partial charge in [-0.1, -0.05) is 75.6 Å². The van der Waals surface area contributed by atoms with E-state index in [0.29, 0.717) is 0 Å². The Morgan fingerprint density at radius 2 is 1.42 bits per heavy atom. The van der Waals surface area contributed by atoms with Crippen LogP contribution in [0.3, 0.4) is 0 Å². The minimum atomic E-state index is 0.737. The molecule has 3 aromatic carbocycles. The molecule has 0 atom stereocenters. The molecule has 4 rings (SSSR count). The summed E-state index contributed by atoms with van der Waals surface area (Å²) >= 11 is 0. The molecule has 0 amide bonds. The van der Waals surface area contributed by atoms with Gasteiger partial charge in [-0.3, -0.25) is 0 Å². The Balaban J connectivity index is 1.36. The zero-order valence-corrected chi connectivity index (χ0v) is 20.4. The summed E-state index contributed by atoms with van der Waals surface area (Å²) < 4.78 is 5.93. The first-order valence-electron chi connectivity index (χ1n) is 13.0. The zero-order valence-electron chi connectivity index (χ0n) is 20.4. The van der Waals surface area contributed by atoms with Gasteiger partial charge < -0.3 is 4.74 Å². The quantitative estimate of drug-likeness (QED) is 0.252. The van der Waals surface area contributed by atoms with E-state index in [9.17, 15) is 0 Å². The number of unbranched alkanes of at least 4 members (excludes halogenated alkanes) is 3. The molecule has 0 N–H and O–H groups in total. The van der Waals surface area contributed by atoms with Gasteiger partial charge in [0.2, 0.25) is 0 Å². The van der Waals surface area contributed by atoms with Gasteiger partial charge >= 0.3 is 0 Å². The summed E-state index contributed by atoms with van der Waals surface area (Å²) in [5, 5.41) is 2.41. The first-order valence-corrected chi connectivity index (χ1v) is 13.0. The Morgan fingerprint density at radius 3 is 2.18 bits per heavy atom. The monoisotopic (exact) mass is 438 g/mol. The van der Waals surface area contributed by atoms with Crippen molar-refractivity contribution in [2.45, 2.75) is 77.6 Å². The summed E-state index contributed by atoms with van der Waals surface area (Å²) in [4.78, 5) is 0. The highest BCUT2D eigenvalue weighted by molar-refractivity contribution is 5.85. The Bertz CT molecular complexity index is 1070. The molecule has 0 aliphatic heterocycles. The van der Waals surface area contributed by atoms with E-state index in [2.05, 4.69) is 86.4 Å². The summed E-state index contributed by atoms with van der Waals surface area (Å²) in [5.74, 6) is 9.35. The summed E-state index contributed by atoms with van der Waals surface area (Å²) in [6.07, 6.45) is 11.7. The number of benzene rings is 3. The van der Waals surface area contributed by atoms with Crippen LogP contribution in [0.1, 0.15) is 94.2 Å². The largest absolute Gasteiger partial charge is 0.494 e. The molecule has 0 unspecified atom stereocenters. The first kappa shape index (κ1) is 23.4. The lowest BCUT2D eigenvalue weighted by atomic mass is 9.78. The summed E-state index contributed by atoms with van der Waals surface area (Å²) in [6.45, 7) is 5.36. The lowest BCUT2D eigenvalue weighted by Gasteiger charge is -2.28. The molecule has 1 nitrogen and oxygen atoms in total. The van der Waals surface area contributed by atoms with E-state index in [0.717, 1.165) is 41.7 Å². The van der Waals surface area contributed by atoms with E-state index in [4.69, 9.17) is 4.74 Å². The van der Waals surface area contributed by atoms with Crippen molar-refractivity contribution in [2.24, 2.45) is 5.92 Å². The smallest absolute Gasteiger partial charge is 0.119 e. The number of hydrogen-bond donors (Lipinski definition) is 0. The van der Waals surface area contributed by atoms with Crippen molar-refractivity contribution in [1.82, 2.24) is 0 Å². The minimum Gasteiger partial charge on any atom is -0.494 e. The molecular weight excluding hydrogens is 400 g/mol. The van der Waals surface area contributed by atoms with Gasteiger partial charge in [-0.05, 0) is 96.7 Å². The highest BCUT2D eigenvalue weighted by atomic mass is 16.5. The predicted octanol–water partition coefficient (Wildman–Crippen LogP) is 8.88. The third kappa shape index (κ3) is 6.64. The number of rotatable bonds is 8. The summed E-state index contributed by atoms with van der Waals surface area (Å²) in [6, 6.07) is 21.8. The predicted molar refractivity (Wildman–Crippen MR) is 141 cm³/mol. The second-order valence-electron chi connectivity index (χ2n) is 9.63. The molecule has 172 valence electrons. The van der Waals surface area contributed by atoms with E-state index in [1.54, 1.807) is 0 Å². The summed E-state index contributed by atoms with van der Waals surface area (Å²) in [5.41, 5.74) is 3.63. The Kier molecular flexibility index (Phi) is 8.48. The van der Waals surface area contributed by atoms with Gasteiger partial charge in [-0.2, -0.15) is 0 Å². The molecule has 3 aromatic rings. The van der Waals surface area contributed by atoms with Crippen LogP contribution in [0.2, 0.25) is 0 Å². The van der Waals surface area contributed by atoms with Crippen LogP contribution in [0.4, 0.5) is 0 Å². The van der Waals surface area contributed by atoms with E-state index in [-0.39, 0.29) is 0 Å². The standard InChI is InChI=1S/C32H38O/c1-3-5-6-7-22-33-32-21-20-30-23-27(14-19-31(30)24-32)9-8-26-12-17-29(18-13-26)28-15-10-25(4-2)11-16-28/h12-14,17-21,23-25,28H,3-7,10-11,15-16,22H2,1-2H3. The van der Waals surface area contributed by atoms with Crippen LogP contribution in [0.15, 0.2) is 60.7 Å². The maximum atomic E-state index is 5.93. The Hall–Kier alpha value is -2.72. The highest BCUT2D eigenvalue weighted by Gasteiger charge is 2.20. The van der Waals surface area contributed by atoms with E-state index < -0.39 is 0 Å². The Morgan fingerprint density at radius 1 is 0.727 bits per heavy atom. The Labute approximate surface area is 200 Å². The molecule has 0 saturated heterocycles. The van der Waals surface area contributed by atoms with E-state index in [1.165, 1.54) is 67.7 Å². The number of fused-ring (bicyclic) bond motifs is 1. The van der Waals surface area contributed by atoms with Gasteiger partial charge in [0.25, 0.3) is 0 Å². The molecule has 0 heterocycles. The lowest BCUT2D eigenvalue weighted by Crippen LogP contribution is -2.12. The van der Waals surface area contributed by atoms with Crippen LogP contribution < -0.4 is 4.74 Å². The molecule has 1 aliphatic carbocycles. The lowest BCUT2D eigenvalue weighted by molar-refractivity contribution is 0.305. The summed E-state index contributed by atoms with van der Waals surface area (Å²) in [7, 11) is 0. The molecule has 0 aromatic heterocycles. The SMILES string of the molecule is CCCCCCOc1ccc2cc(C#Cc3ccc(C4CCC(CC)CC4)cc3)ccc2c1. The molecular formula is C32H38O. The maximum absolute atomic E-state index is 5.93. The van der Waals surface area contributed by atoms with Gasteiger partial charge in [0.15, 0.2) is 0 Å². The molecule has 0 spiro atoms. The van der Waals surface area contributed by atoms with Crippen molar-refractivity contribution in [1.29, 1.82) is 0 Å². The fraction of sp³-hybridized carbons (Fsp3) is 0.438. The van der Waals surface area contributed by atoms with E-state index in [1.807, 2.05) is 0 Å². The third-order valence-electron chi connectivity index (χ3n) is 7.24. The van der Waals surface area contributed by atoms with Gasteiger partial charge in [-0.15, -0.1) is 0 Å². The highest BCUT2D eigenvalue weighted by Crippen LogP contribution is 2.36. The molecule has 33 heavy (non-hydrogen) atoms. The van der Waals surface area contributed by atoms with Crippen molar-refractivity contribution in [2.75, 3.05) is 6.61 Å². The van der Waals surface area contributed by atoms with Crippen LogP contribution in [0, 0.1) is 17.8 Å². The van der Waals surface area contributed by atoms with Crippen LogP contribution >= 0.6 is 0 Å². The second-order valence-corrected chi connectivity index (χ2v) is 9.63. The molecule has 1 heteroatoms. The van der Waals surface area contributed by atoms with Crippen molar-refractivity contribution in [3.05, 3.63) is 77.4 Å². The molecule has 1 saturated carbocycles. The molecule has 0 bridgehead atoms. The normalized spacial score (nSPS) is 18.0. The topological polar surface area (TPSA) is 9.23 Å². The van der Waals surface area contributed by atoms with Gasteiger partial charge in [0.1, 0.15) is 5.75 Å². The second kappa shape index (κ2) is 11.9. The average Bonchev–Trinajstić information content (AvgIpc) is 2.87. The van der Waals surface area contributed by atoms with Crippen molar-refractivity contribution in [3.8, 4) is 17.6 Å². The van der Waals surface area contributed by atoms with E-state index >= 15 is 0 Å². The minimum absolute atomic E-state index is 0.737. The first-order chi connectivity index (χ1) is 16.2. The van der Waals surface area contributed by atoms with Gasteiger partial charge in [0, 0.05) is 11.1 Å². The fourth-order valence-electron chi connectivity index (χ4n) is 5.00. The van der Waals surface area contributed by atoms with Crippen LogP contribution in [0.5, 0.6) is 5.75 Å². The van der Waals surface area contributed by atoms with Gasteiger partial charge in [0.05, 0.1) is 6.61 Å². The molecule has 1 aliphatic rings. The van der Waals surface area contributed by atoms with Crippen molar-refractivity contribution < 1.29 is 4.74 Å². The third-order valence-corrected chi connectivity index (χ3v) is 7.24. The van der Waals surface area contributed by atoms with Crippen LogP contribution in [0.25, 0.3) is 10.8 Å². The van der Waals surface area contributed by atoms with Gasteiger partial charge in [-0.25, -0.2) is 0 Å². The fourth-order valence-corrected chi connectivity index (χ4v) is 5.00. The van der Waals surface area contributed by atoms with Crippen LogP contribution in [-0.2, 0) is 0 Å². The number of hydrogen-bond acceptors (Lipinski definition) is 1. The average molecular weight is 439 g/mol. The number of ether oxygens (including phenoxy) is 1. The zero-order chi connectivity index (χ0) is 22.9. The van der Waals surface area contributed by atoms with Crippen LogP contribution in [-0.4, -0.2) is 6.61 Å². The molecule has 0 radical (unpaired) electrons. The van der Waals surface area contributed by atoms with Crippen molar-refractivity contribution >= 4 is 10.8 Å². The molecule has 1 fully saturated rings.